The highest BCUT2D eigenvalue weighted by Gasteiger charge is 2.28. The minimum absolute atomic E-state index is 0.00124. The molecule has 1 fully saturated rings. The van der Waals surface area contributed by atoms with Gasteiger partial charge in [0.05, 0.1) is 12.2 Å². The molecule has 1 N–H and O–H groups in total. The van der Waals surface area contributed by atoms with Crippen LogP contribution < -0.4 is 14.8 Å². The van der Waals surface area contributed by atoms with Crippen LogP contribution in [-0.2, 0) is 4.79 Å². The average molecular weight is 417 g/mol. The number of amides is 1. The molecule has 1 amide bonds. The minimum Gasteiger partial charge on any atom is -0.486 e. The Bertz CT molecular complexity index is 811. The normalized spacial score (nSPS) is 19.3. The van der Waals surface area contributed by atoms with Gasteiger partial charge in [0.2, 0.25) is 5.91 Å². The maximum atomic E-state index is 12.5. The summed E-state index contributed by atoms with van der Waals surface area (Å²) >= 11 is 3.47. The molecule has 4 rings (SSSR count). The number of fused-ring (bicyclic) bond motifs is 1. The van der Waals surface area contributed by atoms with Crippen LogP contribution in [0.25, 0.3) is 0 Å². The van der Waals surface area contributed by atoms with Crippen LogP contribution >= 0.6 is 15.9 Å². The SMILES string of the molecule is O=C(CN1CCC[C@@H]1c1ccc2c(c1)OCCO2)Nc1ccccc1Br. The van der Waals surface area contributed by atoms with Gasteiger partial charge in [-0.15, -0.1) is 0 Å². The second-order valence-electron chi connectivity index (χ2n) is 6.56. The van der Waals surface area contributed by atoms with E-state index in [2.05, 4.69) is 38.3 Å². The molecule has 2 heterocycles. The van der Waals surface area contributed by atoms with E-state index in [1.165, 1.54) is 5.56 Å². The number of carbonyl (C=O) groups is 1. The fourth-order valence-electron chi connectivity index (χ4n) is 3.60. The molecular weight excluding hydrogens is 396 g/mol. The van der Waals surface area contributed by atoms with Crippen molar-refractivity contribution in [2.24, 2.45) is 0 Å². The van der Waals surface area contributed by atoms with Crippen molar-refractivity contribution >= 4 is 27.5 Å². The van der Waals surface area contributed by atoms with Crippen molar-refractivity contribution in [2.75, 3.05) is 31.6 Å². The maximum Gasteiger partial charge on any atom is 0.238 e. The van der Waals surface area contributed by atoms with E-state index in [0.717, 1.165) is 41.0 Å². The van der Waals surface area contributed by atoms with Crippen LogP contribution in [0.5, 0.6) is 11.5 Å². The van der Waals surface area contributed by atoms with Crippen molar-refractivity contribution in [1.82, 2.24) is 4.90 Å². The van der Waals surface area contributed by atoms with Gasteiger partial charge in [0, 0.05) is 10.5 Å². The zero-order valence-electron chi connectivity index (χ0n) is 14.4. The number of carbonyl (C=O) groups excluding carboxylic acids is 1. The Balaban J connectivity index is 1.45. The van der Waals surface area contributed by atoms with Crippen LogP contribution in [0.1, 0.15) is 24.4 Å². The fraction of sp³-hybridized carbons (Fsp3) is 0.350. The van der Waals surface area contributed by atoms with E-state index in [-0.39, 0.29) is 11.9 Å². The Morgan fingerprint density at radius 3 is 2.81 bits per heavy atom. The Morgan fingerprint density at radius 2 is 1.96 bits per heavy atom. The lowest BCUT2D eigenvalue weighted by Crippen LogP contribution is -2.33. The summed E-state index contributed by atoms with van der Waals surface area (Å²) < 4.78 is 12.2. The molecule has 6 heteroatoms. The third kappa shape index (κ3) is 3.71. The van der Waals surface area contributed by atoms with E-state index in [1.54, 1.807) is 0 Å². The molecule has 2 aromatic carbocycles. The molecule has 0 saturated carbocycles. The highest BCUT2D eigenvalue weighted by atomic mass is 79.9. The largest absolute Gasteiger partial charge is 0.486 e. The molecule has 0 unspecified atom stereocenters. The average Bonchev–Trinajstić information content (AvgIpc) is 3.11. The Hall–Kier alpha value is -2.05. The van der Waals surface area contributed by atoms with Crippen LogP contribution in [0.4, 0.5) is 5.69 Å². The highest BCUT2D eigenvalue weighted by molar-refractivity contribution is 9.10. The second-order valence-corrected chi connectivity index (χ2v) is 7.41. The Kier molecular flexibility index (Phi) is 5.13. The van der Waals surface area contributed by atoms with Crippen molar-refractivity contribution < 1.29 is 14.3 Å². The van der Waals surface area contributed by atoms with E-state index >= 15 is 0 Å². The van der Waals surface area contributed by atoms with Crippen LogP contribution in [0.3, 0.4) is 0 Å². The molecule has 1 saturated heterocycles. The molecule has 0 aliphatic carbocycles. The molecule has 136 valence electrons. The molecule has 2 aromatic rings. The van der Waals surface area contributed by atoms with Gasteiger partial charge in [0.15, 0.2) is 11.5 Å². The zero-order valence-corrected chi connectivity index (χ0v) is 16.0. The molecule has 2 aliphatic rings. The molecule has 1 atom stereocenters. The number of para-hydroxylation sites is 1. The van der Waals surface area contributed by atoms with E-state index in [1.807, 2.05) is 30.3 Å². The number of ether oxygens (including phenoxy) is 2. The van der Waals surface area contributed by atoms with E-state index in [4.69, 9.17) is 9.47 Å². The lowest BCUT2D eigenvalue weighted by molar-refractivity contribution is -0.117. The van der Waals surface area contributed by atoms with Gasteiger partial charge in [-0.25, -0.2) is 0 Å². The number of anilines is 1. The number of hydrogen-bond acceptors (Lipinski definition) is 4. The first-order valence-electron chi connectivity index (χ1n) is 8.89. The summed E-state index contributed by atoms with van der Waals surface area (Å²) in [5.41, 5.74) is 1.98. The molecule has 2 aliphatic heterocycles. The first-order chi connectivity index (χ1) is 12.7. The predicted molar refractivity (Wildman–Crippen MR) is 104 cm³/mol. The van der Waals surface area contributed by atoms with Crippen LogP contribution in [-0.4, -0.2) is 37.1 Å². The van der Waals surface area contributed by atoms with Crippen molar-refractivity contribution in [3.8, 4) is 11.5 Å². The standard InChI is InChI=1S/C20H21BrN2O3/c21-15-4-1-2-5-16(15)22-20(24)13-23-9-3-6-17(23)14-7-8-18-19(12-14)26-11-10-25-18/h1-2,4-5,7-8,12,17H,3,6,9-11,13H2,(H,22,24)/t17-/m1/s1. The van der Waals surface area contributed by atoms with Gasteiger partial charge in [0.1, 0.15) is 13.2 Å². The van der Waals surface area contributed by atoms with Gasteiger partial charge < -0.3 is 14.8 Å². The molecule has 26 heavy (non-hydrogen) atoms. The summed E-state index contributed by atoms with van der Waals surface area (Å²) in [4.78, 5) is 14.7. The van der Waals surface area contributed by atoms with Crippen molar-refractivity contribution in [2.45, 2.75) is 18.9 Å². The molecule has 5 nitrogen and oxygen atoms in total. The number of rotatable bonds is 4. The third-order valence-corrected chi connectivity index (χ3v) is 5.50. The smallest absolute Gasteiger partial charge is 0.238 e. The number of hydrogen-bond donors (Lipinski definition) is 1. The van der Waals surface area contributed by atoms with Crippen molar-refractivity contribution in [1.29, 1.82) is 0 Å². The Labute approximate surface area is 161 Å². The van der Waals surface area contributed by atoms with Gasteiger partial charge in [-0.3, -0.25) is 9.69 Å². The maximum absolute atomic E-state index is 12.5. The summed E-state index contributed by atoms with van der Waals surface area (Å²) in [6, 6.07) is 14.0. The first kappa shape index (κ1) is 17.4. The van der Waals surface area contributed by atoms with Crippen molar-refractivity contribution in [3.63, 3.8) is 0 Å². The number of benzene rings is 2. The van der Waals surface area contributed by atoms with E-state index < -0.39 is 0 Å². The highest BCUT2D eigenvalue weighted by Crippen LogP contribution is 2.38. The number of nitrogens with one attached hydrogen (secondary N) is 1. The van der Waals surface area contributed by atoms with E-state index in [0.29, 0.717) is 19.8 Å². The summed E-state index contributed by atoms with van der Waals surface area (Å²) in [6.45, 7) is 2.47. The number of likely N-dealkylation sites (tertiary alicyclic amines) is 1. The van der Waals surface area contributed by atoms with Crippen molar-refractivity contribution in [3.05, 3.63) is 52.5 Å². The molecular formula is C20H21BrN2O3. The van der Waals surface area contributed by atoms with Crippen LogP contribution in [0, 0.1) is 0 Å². The molecule has 0 radical (unpaired) electrons. The van der Waals surface area contributed by atoms with Crippen LogP contribution in [0.2, 0.25) is 0 Å². The Morgan fingerprint density at radius 1 is 1.15 bits per heavy atom. The summed E-state index contributed by atoms with van der Waals surface area (Å²) in [5.74, 6) is 1.61. The van der Waals surface area contributed by atoms with Gasteiger partial charge in [-0.1, -0.05) is 18.2 Å². The van der Waals surface area contributed by atoms with Gasteiger partial charge in [0.25, 0.3) is 0 Å². The lowest BCUT2D eigenvalue weighted by atomic mass is 10.0. The number of nitrogens with zero attached hydrogens (tertiary/aromatic N) is 1. The van der Waals surface area contributed by atoms with Gasteiger partial charge in [-0.2, -0.15) is 0 Å². The quantitative estimate of drug-likeness (QED) is 0.818. The summed E-state index contributed by atoms with van der Waals surface area (Å²) in [5, 5.41) is 2.99. The van der Waals surface area contributed by atoms with Gasteiger partial charge in [-0.05, 0) is 65.1 Å². The summed E-state index contributed by atoms with van der Waals surface area (Å²) in [6.07, 6.45) is 2.13. The van der Waals surface area contributed by atoms with Gasteiger partial charge >= 0.3 is 0 Å². The third-order valence-electron chi connectivity index (χ3n) is 4.81. The summed E-state index contributed by atoms with van der Waals surface area (Å²) in [7, 11) is 0. The zero-order chi connectivity index (χ0) is 17.9. The fourth-order valence-corrected chi connectivity index (χ4v) is 3.98. The minimum atomic E-state index is 0.00124. The first-order valence-corrected chi connectivity index (χ1v) is 9.68. The molecule has 0 aromatic heterocycles. The van der Waals surface area contributed by atoms with E-state index in [9.17, 15) is 4.79 Å². The predicted octanol–water partition coefficient (Wildman–Crippen LogP) is 4.00. The second kappa shape index (κ2) is 7.68. The van der Waals surface area contributed by atoms with Crippen LogP contribution in [0.15, 0.2) is 46.9 Å². The molecule has 0 spiro atoms. The number of halogens is 1. The molecule has 0 bridgehead atoms. The lowest BCUT2D eigenvalue weighted by Gasteiger charge is -2.26. The topological polar surface area (TPSA) is 50.8 Å². The monoisotopic (exact) mass is 416 g/mol.